The number of rotatable bonds is 3. The number of benzene rings is 2. The third-order valence-electron chi connectivity index (χ3n) is 2.78. The average Bonchev–Trinajstić information content (AvgIpc) is 2.47. The van der Waals surface area contributed by atoms with E-state index in [1.807, 2.05) is 60.7 Å². The number of aliphatic imine (C=N–C) groups is 1. The Labute approximate surface area is 113 Å². The first-order valence-corrected chi connectivity index (χ1v) is 6.20. The van der Waals surface area contributed by atoms with Gasteiger partial charge in [-0.25, -0.2) is 9.79 Å². The fourth-order valence-electron chi connectivity index (χ4n) is 1.93. The van der Waals surface area contributed by atoms with Crippen LogP contribution in [0.3, 0.4) is 0 Å². The first kappa shape index (κ1) is 13.0. The molecule has 0 aromatic heterocycles. The molecule has 3 nitrogen and oxygen atoms in total. The van der Waals surface area contributed by atoms with Crippen molar-refractivity contribution in [2.75, 3.05) is 0 Å². The molecule has 2 amide bonds. The van der Waals surface area contributed by atoms with Gasteiger partial charge >= 0.3 is 6.03 Å². The second-order valence-electron chi connectivity index (χ2n) is 4.09. The molecule has 0 aliphatic heterocycles. The molecule has 0 spiro atoms. The molecule has 0 unspecified atom stereocenters. The maximum atomic E-state index is 11.7. The van der Waals surface area contributed by atoms with Crippen molar-refractivity contribution in [3.05, 3.63) is 71.8 Å². The van der Waals surface area contributed by atoms with Gasteiger partial charge in [-0.1, -0.05) is 60.7 Å². The molecule has 0 atom stereocenters. The smallest absolute Gasteiger partial charge is 0.325 e. The third-order valence-corrected chi connectivity index (χ3v) is 2.78. The molecule has 0 saturated heterocycles. The summed E-state index contributed by atoms with van der Waals surface area (Å²) in [6.07, 6.45) is 1.49. The van der Waals surface area contributed by atoms with Crippen LogP contribution in [-0.2, 0) is 0 Å². The van der Waals surface area contributed by atoms with E-state index in [0.29, 0.717) is 0 Å². The Morgan fingerprint density at radius 1 is 1.00 bits per heavy atom. The summed E-state index contributed by atoms with van der Waals surface area (Å²) in [5.74, 6) is 0. The van der Waals surface area contributed by atoms with Crippen LogP contribution in [0.4, 0.5) is 4.79 Å². The highest BCUT2D eigenvalue weighted by Gasteiger charge is 2.15. The molecule has 2 rings (SSSR count). The van der Waals surface area contributed by atoms with E-state index in [-0.39, 0.29) is 12.1 Å². The van der Waals surface area contributed by atoms with Crippen molar-refractivity contribution in [1.29, 1.82) is 0 Å². The zero-order valence-electron chi connectivity index (χ0n) is 10.8. The number of amides is 2. The van der Waals surface area contributed by atoms with Crippen LogP contribution in [0.5, 0.6) is 0 Å². The molecule has 1 N–H and O–H groups in total. The van der Waals surface area contributed by atoms with Crippen LogP contribution in [0.25, 0.3) is 0 Å². The van der Waals surface area contributed by atoms with Crippen molar-refractivity contribution in [1.82, 2.24) is 5.32 Å². The molecule has 96 valence electrons. The maximum Gasteiger partial charge on any atom is 0.341 e. The number of nitrogens with zero attached hydrogens (tertiary/aromatic N) is 1. The number of carbonyl (C=O) groups is 1. The highest BCUT2D eigenvalue weighted by molar-refractivity contribution is 5.83. The van der Waals surface area contributed by atoms with E-state index in [2.05, 4.69) is 10.3 Å². The molecule has 2 aromatic carbocycles. The fourth-order valence-corrected chi connectivity index (χ4v) is 1.93. The van der Waals surface area contributed by atoms with Gasteiger partial charge in [-0.05, 0) is 18.1 Å². The Morgan fingerprint density at radius 2 is 1.47 bits per heavy atom. The Hall–Kier alpha value is -2.42. The highest BCUT2D eigenvalue weighted by atomic mass is 16.2. The van der Waals surface area contributed by atoms with Gasteiger partial charge in [-0.2, -0.15) is 0 Å². The first-order valence-electron chi connectivity index (χ1n) is 6.20. The quantitative estimate of drug-likeness (QED) is 0.833. The van der Waals surface area contributed by atoms with E-state index >= 15 is 0 Å². The Balaban J connectivity index is 2.32. The van der Waals surface area contributed by atoms with E-state index in [1.54, 1.807) is 6.92 Å². The molecule has 0 saturated carbocycles. The lowest BCUT2D eigenvalue weighted by Gasteiger charge is -2.18. The Bertz CT molecular complexity index is 510. The Kier molecular flexibility index (Phi) is 4.45. The van der Waals surface area contributed by atoms with E-state index in [9.17, 15) is 4.79 Å². The summed E-state index contributed by atoms with van der Waals surface area (Å²) in [6.45, 7) is 1.72. The molecule has 19 heavy (non-hydrogen) atoms. The lowest BCUT2D eigenvalue weighted by atomic mass is 9.99. The summed E-state index contributed by atoms with van der Waals surface area (Å²) in [4.78, 5) is 15.4. The standard InChI is InChI=1S/C16H16N2O/c1-2-17-16(19)18-15(13-9-5-3-6-10-13)14-11-7-4-8-12-14/h2-12,15H,1H3,(H,18,19). The van der Waals surface area contributed by atoms with Crippen LogP contribution in [0.1, 0.15) is 24.1 Å². The van der Waals surface area contributed by atoms with Gasteiger partial charge in [0.05, 0.1) is 6.04 Å². The molecule has 0 aliphatic rings. The van der Waals surface area contributed by atoms with Crippen LogP contribution >= 0.6 is 0 Å². The van der Waals surface area contributed by atoms with Crippen molar-refractivity contribution in [2.24, 2.45) is 4.99 Å². The van der Waals surface area contributed by atoms with Crippen molar-refractivity contribution < 1.29 is 4.79 Å². The van der Waals surface area contributed by atoms with Gasteiger partial charge in [0.15, 0.2) is 0 Å². The van der Waals surface area contributed by atoms with Crippen molar-refractivity contribution >= 4 is 12.2 Å². The zero-order chi connectivity index (χ0) is 13.5. The van der Waals surface area contributed by atoms with Gasteiger partial charge in [0.1, 0.15) is 0 Å². The molecule has 2 aromatic rings. The average molecular weight is 252 g/mol. The van der Waals surface area contributed by atoms with Crippen LogP contribution < -0.4 is 5.32 Å². The van der Waals surface area contributed by atoms with Gasteiger partial charge < -0.3 is 5.32 Å². The normalized spacial score (nSPS) is 10.8. The lowest BCUT2D eigenvalue weighted by Crippen LogP contribution is -2.26. The molecule has 0 heterocycles. The number of hydrogen-bond donors (Lipinski definition) is 1. The fraction of sp³-hybridized carbons (Fsp3) is 0.125. The molecular formula is C16H16N2O. The molecule has 0 fully saturated rings. The second-order valence-corrected chi connectivity index (χ2v) is 4.09. The second kappa shape index (κ2) is 6.50. The van der Waals surface area contributed by atoms with Gasteiger partial charge in [-0.3, -0.25) is 0 Å². The SMILES string of the molecule is CC=NC(=O)NC(c1ccccc1)c1ccccc1. The minimum absolute atomic E-state index is 0.182. The molecule has 0 aliphatic carbocycles. The van der Waals surface area contributed by atoms with E-state index in [0.717, 1.165) is 11.1 Å². The van der Waals surface area contributed by atoms with E-state index < -0.39 is 0 Å². The highest BCUT2D eigenvalue weighted by Crippen LogP contribution is 2.21. The predicted octanol–water partition coefficient (Wildman–Crippen LogP) is 3.58. The van der Waals surface area contributed by atoms with Crippen molar-refractivity contribution in [3.63, 3.8) is 0 Å². The largest absolute Gasteiger partial charge is 0.341 e. The van der Waals surface area contributed by atoms with Gasteiger partial charge in [0.2, 0.25) is 0 Å². The monoisotopic (exact) mass is 252 g/mol. The van der Waals surface area contributed by atoms with E-state index in [1.165, 1.54) is 6.21 Å². The molecule has 0 bridgehead atoms. The first-order chi connectivity index (χ1) is 9.31. The summed E-state index contributed by atoms with van der Waals surface area (Å²) in [5, 5.41) is 2.91. The van der Waals surface area contributed by atoms with Crippen LogP contribution in [0.2, 0.25) is 0 Å². The van der Waals surface area contributed by atoms with Crippen molar-refractivity contribution in [2.45, 2.75) is 13.0 Å². The van der Waals surface area contributed by atoms with Crippen molar-refractivity contribution in [3.8, 4) is 0 Å². The van der Waals surface area contributed by atoms with Crippen LogP contribution in [-0.4, -0.2) is 12.2 Å². The summed E-state index contributed by atoms with van der Waals surface area (Å²) in [7, 11) is 0. The summed E-state index contributed by atoms with van der Waals surface area (Å²) >= 11 is 0. The predicted molar refractivity (Wildman–Crippen MR) is 77.4 cm³/mol. The molecular weight excluding hydrogens is 236 g/mol. The lowest BCUT2D eigenvalue weighted by molar-refractivity contribution is 0.247. The van der Waals surface area contributed by atoms with E-state index in [4.69, 9.17) is 0 Å². The minimum atomic E-state index is -0.333. The number of carbonyl (C=O) groups excluding carboxylic acids is 1. The third kappa shape index (κ3) is 3.52. The Morgan fingerprint density at radius 3 is 1.89 bits per heavy atom. The molecule has 3 heteroatoms. The van der Waals surface area contributed by atoms with Crippen LogP contribution in [0.15, 0.2) is 65.7 Å². The minimum Gasteiger partial charge on any atom is -0.325 e. The molecule has 0 radical (unpaired) electrons. The van der Waals surface area contributed by atoms with Crippen LogP contribution in [0, 0.1) is 0 Å². The number of nitrogens with one attached hydrogen (secondary N) is 1. The number of urea groups is 1. The topological polar surface area (TPSA) is 41.5 Å². The van der Waals surface area contributed by atoms with Gasteiger partial charge in [-0.15, -0.1) is 0 Å². The number of hydrogen-bond acceptors (Lipinski definition) is 1. The summed E-state index contributed by atoms with van der Waals surface area (Å²) in [6, 6.07) is 19.2. The van der Waals surface area contributed by atoms with Gasteiger partial charge in [0, 0.05) is 6.21 Å². The van der Waals surface area contributed by atoms with Gasteiger partial charge in [0.25, 0.3) is 0 Å². The summed E-state index contributed by atoms with van der Waals surface area (Å²) < 4.78 is 0. The zero-order valence-corrected chi connectivity index (χ0v) is 10.8. The summed E-state index contributed by atoms with van der Waals surface area (Å²) in [5.41, 5.74) is 2.07. The maximum absolute atomic E-state index is 11.7.